The van der Waals surface area contributed by atoms with Crippen LogP contribution in [-0.4, -0.2) is 36.0 Å². The summed E-state index contributed by atoms with van der Waals surface area (Å²) in [5.41, 5.74) is 1.08. The molecule has 1 aromatic rings. The van der Waals surface area contributed by atoms with Crippen molar-refractivity contribution in [3.63, 3.8) is 0 Å². The Labute approximate surface area is 150 Å². The van der Waals surface area contributed by atoms with Gasteiger partial charge in [-0.2, -0.15) is 0 Å². The molecule has 0 spiro atoms. The third-order valence-corrected chi connectivity index (χ3v) is 5.32. The number of hydrogen-bond acceptors (Lipinski definition) is 2. The molecule has 1 saturated carbocycles. The fourth-order valence-corrected chi connectivity index (χ4v) is 3.83. The highest BCUT2D eigenvalue weighted by molar-refractivity contribution is 5.81. The van der Waals surface area contributed by atoms with E-state index in [4.69, 9.17) is 0 Å². The van der Waals surface area contributed by atoms with E-state index in [0.717, 1.165) is 37.8 Å². The average Bonchev–Trinajstić information content (AvgIpc) is 2.68. The molecule has 1 unspecified atom stereocenters. The number of urea groups is 1. The lowest BCUT2D eigenvalue weighted by molar-refractivity contribution is -0.127. The number of carbonyl (C=O) groups is 2. The molecule has 5 heteroatoms. The highest BCUT2D eigenvalue weighted by atomic mass is 16.2. The molecule has 1 saturated heterocycles. The number of amides is 3. The maximum Gasteiger partial charge on any atom is 0.317 e. The van der Waals surface area contributed by atoms with Crippen LogP contribution in [-0.2, 0) is 11.3 Å². The topological polar surface area (TPSA) is 61.4 Å². The molecule has 25 heavy (non-hydrogen) atoms. The lowest BCUT2D eigenvalue weighted by Crippen LogP contribution is -2.50. The van der Waals surface area contributed by atoms with E-state index < -0.39 is 0 Å². The number of hydrogen-bond donors (Lipinski definition) is 2. The SMILES string of the molecule is O=C(NC1CCCCC1)C1CCCN(C(=O)NCc2ccccc2)C1. The number of benzene rings is 1. The van der Waals surface area contributed by atoms with Crippen LogP contribution in [0.25, 0.3) is 0 Å². The van der Waals surface area contributed by atoms with Gasteiger partial charge >= 0.3 is 6.03 Å². The summed E-state index contributed by atoms with van der Waals surface area (Å²) >= 11 is 0. The van der Waals surface area contributed by atoms with E-state index >= 15 is 0 Å². The van der Waals surface area contributed by atoms with Crippen molar-refractivity contribution in [2.24, 2.45) is 5.92 Å². The van der Waals surface area contributed by atoms with Crippen molar-refractivity contribution in [2.45, 2.75) is 57.5 Å². The zero-order valence-corrected chi connectivity index (χ0v) is 14.9. The molecule has 0 radical (unpaired) electrons. The van der Waals surface area contributed by atoms with Gasteiger partial charge in [0.25, 0.3) is 0 Å². The highest BCUT2D eigenvalue weighted by Crippen LogP contribution is 2.20. The third-order valence-electron chi connectivity index (χ3n) is 5.32. The van der Waals surface area contributed by atoms with E-state index in [9.17, 15) is 9.59 Å². The molecule has 1 aliphatic heterocycles. The number of nitrogens with one attached hydrogen (secondary N) is 2. The van der Waals surface area contributed by atoms with Crippen LogP contribution in [0.1, 0.15) is 50.5 Å². The van der Waals surface area contributed by atoms with Gasteiger partial charge in [0, 0.05) is 25.7 Å². The molecule has 2 aliphatic rings. The normalized spacial score (nSPS) is 21.6. The quantitative estimate of drug-likeness (QED) is 0.883. The van der Waals surface area contributed by atoms with E-state index in [-0.39, 0.29) is 17.9 Å². The Balaban J connectivity index is 1.46. The van der Waals surface area contributed by atoms with Crippen LogP contribution < -0.4 is 10.6 Å². The second kappa shape index (κ2) is 8.88. The van der Waals surface area contributed by atoms with Gasteiger partial charge in [-0.3, -0.25) is 4.79 Å². The van der Waals surface area contributed by atoms with Crippen LogP contribution in [0.3, 0.4) is 0 Å². The number of likely N-dealkylation sites (tertiary alicyclic amines) is 1. The van der Waals surface area contributed by atoms with Gasteiger partial charge in [0.05, 0.1) is 5.92 Å². The van der Waals surface area contributed by atoms with Gasteiger partial charge in [-0.05, 0) is 31.2 Å². The van der Waals surface area contributed by atoms with Crippen molar-refractivity contribution in [3.05, 3.63) is 35.9 Å². The predicted octanol–water partition coefficient (Wildman–Crippen LogP) is 3.06. The van der Waals surface area contributed by atoms with Gasteiger partial charge < -0.3 is 15.5 Å². The summed E-state index contributed by atoms with van der Waals surface area (Å²) in [4.78, 5) is 26.7. The average molecular weight is 343 g/mol. The van der Waals surface area contributed by atoms with Gasteiger partial charge in [-0.25, -0.2) is 4.79 Å². The molecule has 0 bridgehead atoms. The second-order valence-electron chi connectivity index (χ2n) is 7.27. The van der Waals surface area contributed by atoms with Crippen molar-refractivity contribution in [2.75, 3.05) is 13.1 Å². The maximum atomic E-state index is 12.5. The molecule has 2 N–H and O–H groups in total. The summed E-state index contributed by atoms with van der Waals surface area (Å²) in [5, 5.41) is 6.17. The number of rotatable bonds is 4. The molecule has 1 aromatic carbocycles. The van der Waals surface area contributed by atoms with Crippen LogP contribution in [0.2, 0.25) is 0 Å². The van der Waals surface area contributed by atoms with Crippen molar-refractivity contribution in [1.82, 2.24) is 15.5 Å². The van der Waals surface area contributed by atoms with E-state index in [0.29, 0.717) is 19.1 Å². The Hall–Kier alpha value is -2.04. The van der Waals surface area contributed by atoms with Crippen molar-refractivity contribution in [3.8, 4) is 0 Å². The first kappa shape index (κ1) is 17.8. The maximum absolute atomic E-state index is 12.5. The highest BCUT2D eigenvalue weighted by Gasteiger charge is 2.29. The first-order valence-electron chi connectivity index (χ1n) is 9.59. The summed E-state index contributed by atoms with van der Waals surface area (Å²) in [5.74, 6) is 0.0608. The molecule has 1 heterocycles. The summed E-state index contributed by atoms with van der Waals surface area (Å²) in [6, 6.07) is 10.2. The molecule has 1 aliphatic carbocycles. The summed E-state index contributed by atoms with van der Waals surface area (Å²) in [6.45, 7) is 1.78. The lowest BCUT2D eigenvalue weighted by atomic mass is 9.93. The lowest BCUT2D eigenvalue weighted by Gasteiger charge is -2.33. The first-order valence-corrected chi connectivity index (χ1v) is 9.59. The third kappa shape index (κ3) is 5.21. The van der Waals surface area contributed by atoms with E-state index in [2.05, 4.69) is 10.6 Å². The zero-order chi connectivity index (χ0) is 17.5. The fourth-order valence-electron chi connectivity index (χ4n) is 3.83. The molecular formula is C20H29N3O2. The Kier molecular flexibility index (Phi) is 6.31. The molecule has 0 aromatic heterocycles. The van der Waals surface area contributed by atoms with Crippen molar-refractivity contribution < 1.29 is 9.59 Å². The van der Waals surface area contributed by atoms with Gasteiger partial charge in [-0.15, -0.1) is 0 Å². The predicted molar refractivity (Wildman–Crippen MR) is 98.0 cm³/mol. The number of carbonyl (C=O) groups excluding carboxylic acids is 2. The van der Waals surface area contributed by atoms with Crippen LogP contribution in [0, 0.1) is 5.92 Å². The van der Waals surface area contributed by atoms with Gasteiger partial charge in [0.1, 0.15) is 0 Å². The number of nitrogens with zero attached hydrogens (tertiary/aromatic N) is 1. The molecular weight excluding hydrogens is 314 g/mol. The van der Waals surface area contributed by atoms with Crippen molar-refractivity contribution in [1.29, 1.82) is 0 Å². The smallest absolute Gasteiger partial charge is 0.317 e. The minimum atomic E-state index is -0.0712. The van der Waals surface area contributed by atoms with E-state index in [1.165, 1.54) is 19.3 Å². The zero-order valence-electron chi connectivity index (χ0n) is 14.9. The largest absolute Gasteiger partial charge is 0.353 e. The summed E-state index contributed by atoms with van der Waals surface area (Å²) < 4.78 is 0. The van der Waals surface area contributed by atoms with Crippen LogP contribution in [0.15, 0.2) is 30.3 Å². The van der Waals surface area contributed by atoms with E-state index in [1.807, 2.05) is 30.3 Å². The van der Waals surface area contributed by atoms with Crippen LogP contribution in [0.5, 0.6) is 0 Å². The second-order valence-corrected chi connectivity index (χ2v) is 7.27. The Morgan fingerprint density at radius 3 is 2.52 bits per heavy atom. The van der Waals surface area contributed by atoms with Crippen LogP contribution in [0.4, 0.5) is 4.79 Å². The molecule has 2 fully saturated rings. The van der Waals surface area contributed by atoms with Crippen molar-refractivity contribution >= 4 is 11.9 Å². The molecule has 3 rings (SSSR count). The standard InChI is InChI=1S/C20H29N3O2/c24-19(22-18-11-5-2-6-12-18)17-10-7-13-23(15-17)20(25)21-14-16-8-3-1-4-9-16/h1,3-4,8-9,17-18H,2,5-7,10-15H2,(H,21,25)(H,22,24). The molecule has 3 amide bonds. The Morgan fingerprint density at radius 1 is 1.00 bits per heavy atom. The van der Waals surface area contributed by atoms with E-state index in [1.54, 1.807) is 4.90 Å². The minimum absolute atomic E-state index is 0.0704. The van der Waals surface area contributed by atoms with Crippen LogP contribution >= 0.6 is 0 Å². The Bertz CT molecular complexity index is 570. The number of piperidine rings is 1. The minimum Gasteiger partial charge on any atom is -0.353 e. The molecule has 1 atom stereocenters. The Morgan fingerprint density at radius 2 is 1.76 bits per heavy atom. The first-order chi connectivity index (χ1) is 12.2. The summed E-state index contributed by atoms with van der Waals surface area (Å²) in [6.07, 6.45) is 7.67. The van der Waals surface area contributed by atoms with Gasteiger partial charge in [0.2, 0.25) is 5.91 Å². The van der Waals surface area contributed by atoms with Gasteiger partial charge in [0.15, 0.2) is 0 Å². The molecule has 5 nitrogen and oxygen atoms in total. The molecule has 136 valence electrons. The van der Waals surface area contributed by atoms with Gasteiger partial charge in [-0.1, -0.05) is 49.6 Å². The summed E-state index contributed by atoms with van der Waals surface area (Å²) in [7, 11) is 0. The fraction of sp³-hybridized carbons (Fsp3) is 0.600. The monoisotopic (exact) mass is 343 g/mol.